The largest absolute Gasteiger partial charge is 0.510 e. The average molecular weight is 309 g/mol. The summed E-state index contributed by atoms with van der Waals surface area (Å²) in [5.74, 6) is 0.440. The summed E-state index contributed by atoms with van der Waals surface area (Å²) in [6.07, 6.45) is -0.0906. The van der Waals surface area contributed by atoms with Crippen molar-refractivity contribution < 1.29 is 14.3 Å². The van der Waals surface area contributed by atoms with Gasteiger partial charge in [-0.1, -0.05) is 42.5 Å². The van der Waals surface area contributed by atoms with Gasteiger partial charge in [-0.3, -0.25) is 0 Å². The van der Waals surface area contributed by atoms with Crippen molar-refractivity contribution in [3.63, 3.8) is 0 Å². The first-order valence-corrected chi connectivity index (χ1v) is 8.04. The van der Waals surface area contributed by atoms with Crippen LogP contribution in [0.25, 0.3) is 0 Å². The van der Waals surface area contributed by atoms with E-state index in [1.807, 2.05) is 12.1 Å². The first kappa shape index (κ1) is 14.1. The molecular weight excluding hydrogens is 290 g/mol. The number of anilines is 1. The number of benzene rings is 2. The fourth-order valence-electron chi connectivity index (χ4n) is 3.84. The number of rotatable bonds is 2. The molecule has 0 bridgehead atoms. The van der Waals surface area contributed by atoms with E-state index in [4.69, 9.17) is 9.47 Å². The maximum atomic E-state index is 11.8. The van der Waals surface area contributed by atoms with Gasteiger partial charge in [0.05, 0.1) is 6.61 Å². The van der Waals surface area contributed by atoms with Crippen LogP contribution in [-0.4, -0.2) is 19.0 Å². The average Bonchev–Trinajstić information content (AvgIpc) is 2.95. The van der Waals surface area contributed by atoms with Gasteiger partial charge in [0, 0.05) is 17.5 Å². The Labute approximate surface area is 135 Å². The van der Waals surface area contributed by atoms with E-state index in [1.54, 1.807) is 6.92 Å². The molecule has 4 rings (SSSR count). The molecule has 2 aromatic rings. The van der Waals surface area contributed by atoms with E-state index >= 15 is 0 Å². The van der Waals surface area contributed by atoms with Gasteiger partial charge in [-0.05, 0) is 36.1 Å². The van der Waals surface area contributed by atoms with Crippen molar-refractivity contribution in [1.82, 2.24) is 0 Å². The van der Waals surface area contributed by atoms with Gasteiger partial charge in [-0.25, -0.2) is 4.79 Å². The predicted molar refractivity (Wildman–Crippen MR) is 87.4 cm³/mol. The second-order valence-electron chi connectivity index (χ2n) is 6.00. The molecule has 0 fully saturated rings. The maximum absolute atomic E-state index is 11.8. The van der Waals surface area contributed by atoms with E-state index in [9.17, 15) is 4.79 Å². The van der Waals surface area contributed by atoms with Crippen LogP contribution in [0.3, 0.4) is 0 Å². The van der Waals surface area contributed by atoms with Gasteiger partial charge in [0.25, 0.3) is 0 Å². The van der Waals surface area contributed by atoms with Crippen molar-refractivity contribution in [2.45, 2.75) is 25.5 Å². The van der Waals surface area contributed by atoms with Gasteiger partial charge in [0.15, 0.2) is 6.23 Å². The molecule has 1 aliphatic heterocycles. The summed E-state index contributed by atoms with van der Waals surface area (Å²) in [6, 6.07) is 16.7. The highest BCUT2D eigenvalue weighted by atomic mass is 16.7. The highest BCUT2D eigenvalue weighted by Gasteiger charge is 2.44. The number of ether oxygens (including phenoxy) is 2. The molecule has 118 valence electrons. The lowest BCUT2D eigenvalue weighted by atomic mass is 9.81. The van der Waals surface area contributed by atoms with Crippen LogP contribution in [0.4, 0.5) is 10.5 Å². The molecule has 0 saturated heterocycles. The third kappa shape index (κ3) is 2.34. The minimum absolute atomic E-state index is 0.187. The van der Waals surface area contributed by atoms with Crippen LogP contribution in [0, 0.1) is 5.92 Å². The Bertz CT molecular complexity index is 743. The zero-order valence-electron chi connectivity index (χ0n) is 13.0. The van der Waals surface area contributed by atoms with E-state index in [0.29, 0.717) is 6.61 Å². The Morgan fingerprint density at radius 3 is 2.70 bits per heavy atom. The summed E-state index contributed by atoms with van der Waals surface area (Å²) < 4.78 is 10.5. The normalized spacial score (nSPS) is 24.0. The fraction of sp³-hybridized carbons (Fsp3) is 0.316. The first-order valence-electron chi connectivity index (χ1n) is 8.04. The number of carbonyl (C=O) groups is 1. The number of hydrogen-bond acceptors (Lipinski definition) is 4. The fourth-order valence-corrected chi connectivity index (χ4v) is 3.84. The van der Waals surface area contributed by atoms with E-state index in [1.165, 1.54) is 16.7 Å². The lowest BCUT2D eigenvalue weighted by Gasteiger charge is -2.36. The summed E-state index contributed by atoms with van der Waals surface area (Å²) >= 11 is 0. The molecule has 23 heavy (non-hydrogen) atoms. The topological polar surface area (TPSA) is 47.6 Å². The van der Waals surface area contributed by atoms with Crippen LogP contribution < -0.4 is 5.32 Å². The molecule has 0 spiro atoms. The van der Waals surface area contributed by atoms with Gasteiger partial charge in [-0.2, -0.15) is 0 Å². The van der Waals surface area contributed by atoms with Crippen LogP contribution >= 0.6 is 0 Å². The van der Waals surface area contributed by atoms with Gasteiger partial charge < -0.3 is 14.8 Å². The highest BCUT2D eigenvalue weighted by Crippen LogP contribution is 2.49. The molecule has 2 aromatic carbocycles. The summed E-state index contributed by atoms with van der Waals surface area (Å²) in [4.78, 5) is 11.8. The summed E-state index contributed by atoms with van der Waals surface area (Å²) in [5.41, 5.74) is 4.97. The molecule has 0 radical (unpaired) electrons. The van der Waals surface area contributed by atoms with Crippen LogP contribution in [0.15, 0.2) is 48.5 Å². The minimum atomic E-state index is -0.612. The molecule has 1 aliphatic carbocycles. The molecule has 0 saturated carbocycles. The van der Waals surface area contributed by atoms with Gasteiger partial charge in [-0.15, -0.1) is 0 Å². The van der Waals surface area contributed by atoms with Gasteiger partial charge in [0.1, 0.15) is 0 Å². The lowest BCUT2D eigenvalue weighted by molar-refractivity contribution is 0.0125. The van der Waals surface area contributed by atoms with Crippen LogP contribution in [0.2, 0.25) is 0 Å². The molecule has 2 aliphatic rings. The van der Waals surface area contributed by atoms with Gasteiger partial charge >= 0.3 is 6.16 Å². The summed E-state index contributed by atoms with van der Waals surface area (Å²) in [5, 5.41) is 3.37. The number of para-hydroxylation sites is 1. The molecule has 0 amide bonds. The van der Waals surface area contributed by atoms with Crippen molar-refractivity contribution in [3.05, 3.63) is 65.2 Å². The van der Waals surface area contributed by atoms with E-state index < -0.39 is 6.16 Å². The number of carbonyl (C=O) groups excluding carboxylic acids is 1. The Kier molecular flexibility index (Phi) is 3.45. The Morgan fingerprint density at radius 2 is 1.87 bits per heavy atom. The van der Waals surface area contributed by atoms with Crippen LogP contribution in [0.5, 0.6) is 0 Å². The molecule has 1 heterocycles. The van der Waals surface area contributed by atoms with Crippen LogP contribution in [-0.2, 0) is 15.9 Å². The molecule has 1 N–H and O–H groups in total. The summed E-state index contributed by atoms with van der Waals surface area (Å²) in [6.45, 7) is 2.09. The Balaban J connectivity index is 1.73. The number of hydrogen-bond donors (Lipinski definition) is 1. The zero-order valence-corrected chi connectivity index (χ0v) is 13.0. The second kappa shape index (κ2) is 5.61. The minimum Gasteiger partial charge on any atom is -0.435 e. The highest BCUT2D eigenvalue weighted by molar-refractivity contribution is 5.64. The lowest BCUT2D eigenvalue weighted by Crippen LogP contribution is -2.40. The third-order valence-corrected chi connectivity index (χ3v) is 4.74. The van der Waals surface area contributed by atoms with Crippen molar-refractivity contribution in [2.75, 3.05) is 11.9 Å². The molecular formula is C19H19NO3. The molecule has 4 heteroatoms. The second-order valence-corrected chi connectivity index (χ2v) is 6.00. The quantitative estimate of drug-likeness (QED) is 0.854. The van der Waals surface area contributed by atoms with Crippen molar-refractivity contribution >= 4 is 11.8 Å². The van der Waals surface area contributed by atoms with Gasteiger partial charge in [0.2, 0.25) is 0 Å². The van der Waals surface area contributed by atoms with E-state index in [0.717, 1.165) is 12.1 Å². The summed E-state index contributed by atoms with van der Waals surface area (Å²) in [7, 11) is 0. The van der Waals surface area contributed by atoms with Crippen molar-refractivity contribution in [1.29, 1.82) is 0 Å². The third-order valence-electron chi connectivity index (χ3n) is 4.74. The monoisotopic (exact) mass is 309 g/mol. The van der Waals surface area contributed by atoms with E-state index in [2.05, 4.69) is 41.7 Å². The van der Waals surface area contributed by atoms with Crippen molar-refractivity contribution in [3.8, 4) is 0 Å². The van der Waals surface area contributed by atoms with E-state index in [-0.39, 0.29) is 18.1 Å². The molecule has 3 unspecified atom stereocenters. The molecule has 3 atom stereocenters. The Morgan fingerprint density at radius 1 is 1.13 bits per heavy atom. The standard InChI is InChI=1S/C19H19NO3/c1-2-22-19(21)23-18-15-11-12-7-3-4-8-13(12)17(15)14-9-5-6-10-16(14)20-18/h3-10,15,17-18,20H,2,11H2,1H3. The SMILES string of the molecule is CCOC(=O)OC1Nc2ccccc2C2c3ccccc3CC12. The maximum Gasteiger partial charge on any atom is 0.510 e. The zero-order chi connectivity index (χ0) is 15.8. The first-order chi connectivity index (χ1) is 11.3. The number of fused-ring (bicyclic) bond motifs is 5. The molecule has 0 aromatic heterocycles. The predicted octanol–water partition coefficient (Wildman–Crippen LogP) is 3.92. The Hall–Kier alpha value is -2.49. The number of nitrogens with one attached hydrogen (secondary N) is 1. The molecule has 4 nitrogen and oxygen atoms in total. The van der Waals surface area contributed by atoms with Crippen molar-refractivity contribution in [2.24, 2.45) is 5.92 Å². The smallest absolute Gasteiger partial charge is 0.435 e. The van der Waals surface area contributed by atoms with Crippen LogP contribution in [0.1, 0.15) is 29.5 Å².